The highest BCUT2D eigenvalue weighted by atomic mass is 16.5. The van der Waals surface area contributed by atoms with Crippen molar-refractivity contribution in [3.05, 3.63) is 83.7 Å². The monoisotopic (exact) mass is 386 g/mol. The van der Waals surface area contributed by atoms with Crippen molar-refractivity contribution in [2.75, 3.05) is 17.2 Å². The molecule has 2 amide bonds. The fraction of sp³-hybridized carbons (Fsp3) is 0.0909. The van der Waals surface area contributed by atoms with E-state index in [0.29, 0.717) is 29.3 Å². The van der Waals surface area contributed by atoms with Gasteiger partial charge in [-0.05, 0) is 55.5 Å². The minimum Gasteiger partial charge on any atom is -0.494 e. The third kappa shape index (κ3) is 4.96. The summed E-state index contributed by atoms with van der Waals surface area (Å²) in [6.45, 7) is 2.45. The zero-order valence-corrected chi connectivity index (χ0v) is 15.7. The largest absolute Gasteiger partial charge is 0.494 e. The normalized spacial score (nSPS) is 9.93. The van der Waals surface area contributed by atoms with E-state index in [9.17, 15) is 9.59 Å². The van der Waals surface area contributed by atoms with E-state index in [0.717, 1.165) is 0 Å². The average Bonchev–Trinajstić information content (AvgIpc) is 2.75. The number of carbonyl (C=O) groups is 2. The van der Waals surface area contributed by atoms with E-state index in [2.05, 4.69) is 15.6 Å². The molecular formula is C22H18N4O3. The Morgan fingerprint density at radius 1 is 1.03 bits per heavy atom. The van der Waals surface area contributed by atoms with Gasteiger partial charge in [-0.15, -0.1) is 0 Å². The van der Waals surface area contributed by atoms with Gasteiger partial charge in [0.15, 0.2) is 0 Å². The molecule has 2 aromatic carbocycles. The predicted octanol–water partition coefficient (Wildman–Crippen LogP) is 3.86. The van der Waals surface area contributed by atoms with Crippen LogP contribution in [0.5, 0.6) is 5.75 Å². The lowest BCUT2D eigenvalue weighted by molar-refractivity contribution is 0.102. The van der Waals surface area contributed by atoms with E-state index in [4.69, 9.17) is 10.00 Å². The number of hydrogen-bond donors (Lipinski definition) is 2. The Labute approximate surface area is 168 Å². The summed E-state index contributed by atoms with van der Waals surface area (Å²) >= 11 is 0. The third-order valence-corrected chi connectivity index (χ3v) is 3.97. The van der Waals surface area contributed by atoms with E-state index < -0.39 is 11.8 Å². The summed E-state index contributed by atoms with van der Waals surface area (Å²) in [6, 6.07) is 18.5. The second-order valence-corrected chi connectivity index (χ2v) is 5.95. The highest BCUT2D eigenvalue weighted by molar-refractivity contribution is 6.08. The van der Waals surface area contributed by atoms with Crippen LogP contribution in [0.2, 0.25) is 0 Å². The molecule has 7 nitrogen and oxygen atoms in total. The summed E-state index contributed by atoms with van der Waals surface area (Å²) in [5.74, 6) is -0.175. The topological polar surface area (TPSA) is 104 Å². The highest BCUT2D eigenvalue weighted by Gasteiger charge is 2.13. The zero-order valence-electron chi connectivity index (χ0n) is 15.7. The molecule has 0 atom stereocenters. The molecule has 0 fully saturated rings. The first-order valence-electron chi connectivity index (χ1n) is 8.91. The lowest BCUT2D eigenvalue weighted by Gasteiger charge is -2.09. The number of para-hydroxylation sites is 1. The second-order valence-electron chi connectivity index (χ2n) is 5.95. The number of rotatable bonds is 6. The van der Waals surface area contributed by atoms with Gasteiger partial charge in [-0.25, -0.2) is 0 Å². The summed E-state index contributed by atoms with van der Waals surface area (Å²) in [5.41, 5.74) is 1.68. The number of nitrogens with one attached hydrogen (secondary N) is 2. The molecule has 144 valence electrons. The number of amides is 2. The number of carbonyl (C=O) groups excluding carboxylic acids is 2. The van der Waals surface area contributed by atoms with Crippen LogP contribution in [0.4, 0.5) is 11.4 Å². The van der Waals surface area contributed by atoms with Crippen LogP contribution in [0.15, 0.2) is 66.9 Å². The van der Waals surface area contributed by atoms with Crippen LogP contribution in [0.3, 0.4) is 0 Å². The van der Waals surface area contributed by atoms with Crippen molar-refractivity contribution in [1.82, 2.24) is 4.98 Å². The molecule has 0 aliphatic rings. The van der Waals surface area contributed by atoms with E-state index >= 15 is 0 Å². The number of benzene rings is 2. The molecule has 1 heterocycles. The van der Waals surface area contributed by atoms with Gasteiger partial charge >= 0.3 is 0 Å². The van der Waals surface area contributed by atoms with E-state index in [1.807, 2.05) is 13.0 Å². The van der Waals surface area contributed by atoms with Crippen molar-refractivity contribution in [1.29, 1.82) is 5.26 Å². The Morgan fingerprint density at radius 2 is 1.79 bits per heavy atom. The van der Waals surface area contributed by atoms with Crippen LogP contribution in [-0.4, -0.2) is 23.4 Å². The van der Waals surface area contributed by atoms with Gasteiger partial charge in [0.1, 0.15) is 17.5 Å². The molecule has 3 rings (SSSR count). The SMILES string of the molecule is CCOc1ccc(NC(=O)c2cc(C(=O)Nc3ccccc3C#N)ccn2)cc1. The van der Waals surface area contributed by atoms with Gasteiger partial charge in [-0.1, -0.05) is 12.1 Å². The first-order valence-corrected chi connectivity index (χ1v) is 8.91. The first-order chi connectivity index (χ1) is 14.1. The Morgan fingerprint density at radius 3 is 2.52 bits per heavy atom. The van der Waals surface area contributed by atoms with Crippen molar-refractivity contribution >= 4 is 23.2 Å². The molecule has 0 saturated heterocycles. The van der Waals surface area contributed by atoms with Gasteiger partial charge in [0.05, 0.1) is 17.9 Å². The Kier molecular flexibility index (Phi) is 6.18. The molecule has 0 unspecified atom stereocenters. The van der Waals surface area contributed by atoms with Crippen LogP contribution in [0.1, 0.15) is 33.3 Å². The molecule has 0 spiro atoms. The third-order valence-electron chi connectivity index (χ3n) is 3.97. The lowest BCUT2D eigenvalue weighted by atomic mass is 10.1. The lowest BCUT2D eigenvalue weighted by Crippen LogP contribution is -2.17. The maximum atomic E-state index is 12.5. The van der Waals surface area contributed by atoms with Crippen molar-refractivity contribution in [2.24, 2.45) is 0 Å². The summed E-state index contributed by atoms with van der Waals surface area (Å²) in [7, 11) is 0. The predicted molar refractivity (Wildman–Crippen MR) is 109 cm³/mol. The molecule has 2 N–H and O–H groups in total. The number of anilines is 2. The first kappa shape index (κ1) is 19.6. The number of nitriles is 1. The summed E-state index contributed by atoms with van der Waals surface area (Å²) in [4.78, 5) is 29.0. The number of ether oxygens (including phenoxy) is 1. The Bertz CT molecular complexity index is 1070. The van der Waals surface area contributed by atoms with Crippen LogP contribution in [-0.2, 0) is 0 Å². The summed E-state index contributed by atoms with van der Waals surface area (Å²) < 4.78 is 5.37. The minimum atomic E-state index is -0.443. The smallest absolute Gasteiger partial charge is 0.274 e. The minimum absolute atomic E-state index is 0.0973. The van der Waals surface area contributed by atoms with Gasteiger partial charge in [-0.2, -0.15) is 5.26 Å². The molecule has 29 heavy (non-hydrogen) atoms. The van der Waals surface area contributed by atoms with Gasteiger partial charge in [-0.3, -0.25) is 14.6 Å². The van der Waals surface area contributed by atoms with Crippen LogP contribution in [0.25, 0.3) is 0 Å². The number of hydrogen-bond acceptors (Lipinski definition) is 5. The fourth-order valence-corrected chi connectivity index (χ4v) is 2.58. The molecule has 7 heteroatoms. The van der Waals surface area contributed by atoms with Gasteiger partial charge in [0.2, 0.25) is 0 Å². The highest BCUT2D eigenvalue weighted by Crippen LogP contribution is 2.17. The van der Waals surface area contributed by atoms with E-state index in [1.165, 1.54) is 18.3 Å². The molecule has 0 aliphatic carbocycles. The molecule has 1 aromatic heterocycles. The van der Waals surface area contributed by atoms with Crippen molar-refractivity contribution in [3.8, 4) is 11.8 Å². The van der Waals surface area contributed by atoms with Crippen LogP contribution >= 0.6 is 0 Å². The molecule has 3 aromatic rings. The molecule has 0 saturated carbocycles. The second kappa shape index (κ2) is 9.15. The van der Waals surface area contributed by atoms with E-state index in [-0.39, 0.29) is 11.3 Å². The Hall–Kier alpha value is -4.18. The molecule has 0 radical (unpaired) electrons. The summed E-state index contributed by atoms with van der Waals surface area (Å²) in [5, 5.41) is 14.5. The van der Waals surface area contributed by atoms with Crippen LogP contribution in [0, 0.1) is 11.3 Å². The molecule has 0 bridgehead atoms. The van der Waals surface area contributed by atoms with Gasteiger partial charge in [0.25, 0.3) is 11.8 Å². The fourth-order valence-electron chi connectivity index (χ4n) is 2.58. The summed E-state index contributed by atoms with van der Waals surface area (Å²) in [6.07, 6.45) is 1.39. The van der Waals surface area contributed by atoms with Crippen molar-refractivity contribution in [2.45, 2.75) is 6.92 Å². The quantitative estimate of drug-likeness (QED) is 0.669. The number of nitrogens with zero attached hydrogens (tertiary/aromatic N) is 2. The maximum absolute atomic E-state index is 12.5. The number of pyridine rings is 1. The Balaban J connectivity index is 1.72. The average molecular weight is 386 g/mol. The van der Waals surface area contributed by atoms with Crippen LogP contribution < -0.4 is 15.4 Å². The number of aromatic nitrogens is 1. The van der Waals surface area contributed by atoms with Crippen molar-refractivity contribution in [3.63, 3.8) is 0 Å². The van der Waals surface area contributed by atoms with Crippen molar-refractivity contribution < 1.29 is 14.3 Å². The molecular weight excluding hydrogens is 368 g/mol. The van der Waals surface area contributed by atoms with Gasteiger partial charge < -0.3 is 15.4 Å². The standard InChI is InChI=1S/C22H18N4O3/c1-2-29-18-9-7-17(8-10-18)25-22(28)20-13-15(11-12-24-20)21(27)26-19-6-4-3-5-16(19)14-23/h3-13H,2H2,1H3,(H,25,28)(H,26,27). The van der Waals surface area contributed by atoms with E-state index in [1.54, 1.807) is 48.5 Å². The van der Waals surface area contributed by atoms with Gasteiger partial charge in [0, 0.05) is 17.4 Å². The zero-order chi connectivity index (χ0) is 20.6. The maximum Gasteiger partial charge on any atom is 0.274 e. The molecule has 0 aliphatic heterocycles.